The number of H-pyrrole nitrogens is 1. The molecule has 27 heavy (non-hydrogen) atoms. The van der Waals surface area contributed by atoms with Crippen LogP contribution in [-0.2, 0) is 12.8 Å². The van der Waals surface area contributed by atoms with E-state index in [0.717, 1.165) is 29.7 Å². The van der Waals surface area contributed by atoms with Crippen molar-refractivity contribution in [3.8, 4) is 5.75 Å². The number of hydrogen-bond donors (Lipinski definition) is 3. The maximum absolute atomic E-state index is 13.7. The number of fused-ring (bicyclic) bond motifs is 3. The Hall–Kier alpha value is -2.67. The van der Waals surface area contributed by atoms with E-state index in [-0.39, 0.29) is 17.0 Å². The number of aryl methyl sites for hydroxylation is 2. The van der Waals surface area contributed by atoms with Gasteiger partial charge in [0.2, 0.25) is 0 Å². The van der Waals surface area contributed by atoms with Crippen LogP contribution in [0.25, 0.3) is 10.2 Å². The third-order valence-corrected chi connectivity index (χ3v) is 6.27. The van der Waals surface area contributed by atoms with Crippen molar-refractivity contribution in [2.24, 2.45) is 5.92 Å². The number of anilines is 1. The van der Waals surface area contributed by atoms with Crippen molar-refractivity contribution in [1.82, 2.24) is 4.98 Å². The van der Waals surface area contributed by atoms with Gasteiger partial charge in [-0.15, -0.1) is 11.3 Å². The fourth-order valence-corrected chi connectivity index (χ4v) is 4.97. The number of benzene rings is 1. The predicted molar refractivity (Wildman–Crippen MR) is 104 cm³/mol. The zero-order valence-corrected chi connectivity index (χ0v) is 15.8. The van der Waals surface area contributed by atoms with E-state index in [2.05, 4.69) is 17.2 Å². The van der Waals surface area contributed by atoms with Crippen molar-refractivity contribution < 1.29 is 14.3 Å². The van der Waals surface area contributed by atoms with Gasteiger partial charge in [0.25, 0.3) is 11.5 Å². The number of aromatic hydroxyl groups is 1. The molecule has 1 amide bonds. The van der Waals surface area contributed by atoms with E-state index in [0.29, 0.717) is 21.7 Å². The number of rotatable bonds is 2. The number of carbonyl (C=O) groups excluding carboxylic acids is 1. The Bertz CT molecular complexity index is 1130. The number of nitrogens with one attached hydrogen (secondary N) is 2. The van der Waals surface area contributed by atoms with Crippen LogP contribution in [-0.4, -0.2) is 16.0 Å². The molecule has 3 N–H and O–H groups in total. The maximum Gasteiger partial charge on any atom is 0.265 e. The fourth-order valence-electron chi connectivity index (χ4n) is 3.56. The summed E-state index contributed by atoms with van der Waals surface area (Å²) in [5, 5.41) is 13.8. The second-order valence-corrected chi connectivity index (χ2v) is 8.26. The number of pyridine rings is 1. The molecule has 0 bridgehead atoms. The van der Waals surface area contributed by atoms with Gasteiger partial charge in [-0.2, -0.15) is 0 Å². The quantitative estimate of drug-likeness (QED) is 0.620. The molecule has 0 radical (unpaired) electrons. The molecule has 0 aliphatic heterocycles. The van der Waals surface area contributed by atoms with Crippen LogP contribution in [0.5, 0.6) is 5.75 Å². The number of amides is 1. The first-order valence-electron chi connectivity index (χ1n) is 8.82. The van der Waals surface area contributed by atoms with Crippen LogP contribution in [0.3, 0.4) is 0 Å². The molecule has 3 aromatic rings. The highest BCUT2D eigenvalue weighted by atomic mass is 32.1. The number of carbonyl (C=O) groups is 1. The summed E-state index contributed by atoms with van der Waals surface area (Å²) in [6.07, 6.45) is 2.71. The Morgan fingerprint density at radius 1 is 1.41 bits per heavy atom. The minimum absolute atomic E-state index is 0.225. The highest BCUT2D eigenvalue weighted by Crippen LogP contribution is 2.41. The molecule has 7 heteroatoms. The van der Waals surface area contributed by atoms with Crippen molar-refractivity contribution in [2.75, 3.05) is 5.32 Å². The van der Waals surface area contributed by atoms with Crippen molar-refractivity contribution in [2.45, 2.75) is 33.1 Å². The summed E-state index contributed by atoms with van der Waals surface area (Å²) in [4.78, 5) is 29.5. The van der Waals surface area contributed by atoms with Gasteiger partial charge in [0.1, 0.15) is 22.0 Å². The molecule has 4 rings (SSSR count). The van der Waals surface area contributed by atoms with Gasteiger partial charge in [0.05, 0.1) is 5.39 Å². The van der Waals surface area contributed by atoms with Crippen LogP contribution >= 0.6 is 11.3 Å². The summed E-state index contributed by atoms with van der Waals surface area (Å²) in [6, 6.07) is 4.27. The van der Waals surface area contributed by atoms with Gasteiger partial charge in [0, 0.05) is 10.6 Å². The lowest BCUT2D eigenvalue weighted by Gasteiger charge is -2.18. The maximum atomic E-state index is 13.7. The summed E-state index contributed by atoms with van der Waals surface area (Å²) >= 11 is 1.46. The number of aromatic nitrogens is 1. The molecule has 0 fully saturated rings. The van der Waals surface area contributed by atoms with Gasteiger partial charge in [-0.25, -0.2) is 4.39 Å². The molecule has 1 aromatic carbocycles. The largest absolute Gasteiger partial charge is 0.506 e. The van der Waals surface area contributed by atoms with Gasteiger partial charge in [0.15, 0.2) is 0 Å². The Labute approximate surface area is 158 Å². The summed E-state index contributed by atoms with van der Waals surface area (Å²) < 4.78 is 13.7. The minimum atomic E-state index is -0.761. The number of thiophene rings is 1. The molecule has 2 aromatic heterocycles. The van der Waals surface area contributed by atoms with Crippen molar-refractivity contribution in [3.05, 3.63) is 55.9 Å². The molecule has 0 unspecified atom stereocenters. The predicted octanol–water partition coefficient (Wildman–Crippen LogP) is 4.12. The molecule has 1 aliphatic rings. The van der Waals surface area contributed by atoms with E-state index in [1.54, 1.807) is 13.0 Å². The normalized spacial score (nSPS) is 16.3. The van der Waals surface area contributed by atoms with Crippen LogP contribution in [0.1, 0.15) is 39.7 Å². The molecular weight excluding hydrogens is 367 g/mol. The summed E-state index contributed by atoms with van der Waals surface area (Å²) in [7, 11) is 0. The summed E-state index contributed by atoms with van der Waals surface area (Å²) in [6.45, 7) is 3.79. The molecule has 0 saturated heterocycles. The first kappa shape index (κ1) is 17.7. The monoisotopic (exact) mass is 386 g/mol. The molecule has 0 saturated carbocycles. The number of halogens is 1. The zero-order valence-electron chi connectivity index (χ0n) is 15.0. The molecular formula is C20H19FN2O3S. The summed E-state index contributed by atoms with van der Waals surface area (Å²) in [5.41, 5.74) is 0.689. The van der Waals surface area contributed by atoms with Gasteiger partial charge >= 0.3 is 0 Å². The lowest BCUT2D eigenvalue weighted by molar-refractivity contribution is 0.102. The average molecular weight is 386 g/mol. The fraction of sp³-hybridized carbons (Fsp3) is 0.300. The Morgan fingerprint density at radius 3 is 2.93 bits per heavy atom. The van der Waals surface area contributed by atoms with Crippen LogP contribution in [0.15, 0.2) is 23.0 Å². The van der Waals surface area contributed by atoms with E-state index in [1.165, 1.54) is 23.5 Å². The van der Waals surface area contributed by atoms with Crippen LogP contribution in [0.4, 0.5) is 10.1 Å². The highest BCUT2D eigenvalue weighted by Gasteiger charge is 2.27. The van der Waals surface area contributed by atoms with Gasteiger partial charge < -0.3 is 15.4 Å². The van der Waals surface area contributed by atoms with E-state index in [4.69, 9.17) is 0 Å². The topological polar surface area (TPSA) is 82.2 Å². The molecule has 1 aliphatic carbocycles. The Morgan fingerprint density at radius 2 is 2.19 bits per heavy atom. The van der Waals surface area contributed by atoms with E-state index < -0.39 is 17.3 Å². The second kappa shape index (κ2) is 6.49. The lowest BCUT2D eigenvalue weighted by Crippen LogP contribution is -2.23. The first-order valence-corrected chi connectivity index (χ1v) is 9.63. The third-order valence-electron chi connectivity index (χ3n) is 5.10. The van der Waals surface area contributed by atoms with E-state index >= 15 is 0 Å². The molecule has 5 nitrogen and oxygen atoms in total. The molecule has 1 atom stereocenters. The Kier molecular flexibility index (Phi) is 4.26. The number of hydrogen-bond acceptors (Lipinski definition) is 4. The smallest absolute Gasteiger partial charge is 0.265 e. The van der Waals surface area contributed by atoms with Crippen molar-refractivity contribution in [3.63, 3.8) is 0 Å². The van der Waals surface area contributed by atoms with Gasteiger partial charge in [-0.3, -0.25) is 9.59 Å². The zero-order chi connectivity index (χ0) is 19.3. The molecule has 140 valence electrons. The van der Waals surface area contributed by atoms with Crippen molar-refractivity contribution in [1.29, 1.82) is 0 Å². The van der Waals surface area contributed by atoms with Gasteiger partial charge in [-0.1, -0.05) is 13.0 Å². The van der Waals surface area contributed by atoms with Crippen LogP contribution in [0.2, 0.25) is 0 Å². The van der Waals surface area contributed by atoms with Crippen molar-refractivity contribution >= 4 is 33.1 Å². The molecule has 2 heterocycles. The second-order valence-electron chi connectivity index (χ2n) is 7.15. The minimum Gasteiger partial charge on any atom is -0.506 e. The lowest BCUT2D eigenvalue weighted by atomic mass is 9.89. The highest BCUT2D eigenvalue weighted by molar-refractivity contribution is 7.18. The average Bonchev–Trinajstić information content (AvgIpc) is 2.95. The summed E-state index contributed by atoms with van der Waals surface area (Å²) in [5.74, 6) is -0.963. The number of aromatic amines is 1. The van der Waals surface area contributed by atoms with E-state index in [9.17, 15) is 19.1 Å². The third kappa shape index (κ3) is 3.02. The van der Waals surface area contributed by atoms with Gasteiger partial charge in [-0.05, 0) is 55.4 Å². The standard InChI is InChI=1S/C20H19FN2O3S/c1-9-3-6-12-14(7-9)27-20-15(12)17(24)16(19(26)23-20)18(25)22-11-5-4-10(2)13(21)8-11/h4-5,8-9H,3,6-7H2,1-2H3,(H,22,25)(H2,23,24,26)/t9-/m1/s1. The molecule has 0 spiro atoms. The Balaban J connectivity index is 1.78. The van der Waals surface area contributed by atoms with E-state index in [1.807, 2.05) is 0 Å². The van der Waals surface area contributed by atoms with Crippen LogP contribution in [0, 0.1) is 18.7 Å². The SMILES string of the molecule is Cc1ccc(NC(=O)c2c(O)c3c4c(sc3[nH]c2=O)C[C@H](C)CC4)cc1F. The first-order chi connectivity index (χ1) is 12.8. The van der Waals surface area contributed by atoms with Crippen LogP contribution < -0.4 is 10.9 Å².